The summed E-state index contributed by atoms with van der Waals surface area (Å²) in [6, 6.07) is 8.12. The van der Waals surface area contributed by atoms with Crippen LogP contribution in [0, 0.1) is 0 Å². The smallest absolute Gasteiger partial charge is 0.250 e. The van der Waals surface area contributed by atoms with E-state index in [1.165, 1.54) is 11.1 Å². The van der Waals surface area contributed by atoms with Crippen molar-refractivity contribution in [3.05, 3.63) is 58.1 Å². The van der Waals surface area contributed by atoms with E-state index in [9.17, 15) is 4.79 Å². The van der Waals surface area contributed by atoms with Gasteiger partial charge in [0.2, 0.25) is 0 Å². The summed E-state index contributed by atoms with van der Waals surface area (Å²) in [4.78, 5) is 20.8. The van der Waals surface area contributed by atoms with Crippen LogP contribution < -0.4 is 10.5 Å². The lowest BCUT2D eigenvalue weighted by atomic mass is 9.90. The van der Waals surface area contributed by atoms with Gasteiger partial charge in [-0.05, 0) is 55.1 Å². The standard InChI is InChI=1S/C19H26N4O/c1-21(2)18-5-4-15(13-20-18)14-23-10-7-16(8-11-23)17-6-9-22(3)19(24)12-17/h4-6,9,12-13,16H,7-8,10-11,14H2,1-3H3. The third-order valence-electron chi connectivity index (χ3n) is 4.86. The van der Waals surface area contributed by atoms with Gasteiger partial charge in [0.25, 0.3) is 5.56 Å². The molecule has 0 radical (unpaired) electrons. The van der Waals surface area contributed by atoms with Gasteiger partial charge >= 0.3 is 0 Å². The monoisotopic (exact) mass is 326 g/mol. The predicted octanol–water partition coefficient (Wildman–Crippen LogP) is 2.23. The van der Waals surface area contributed by atoms with Crippen LogP contribution >= 0.6 is 0 Å². The van der Waals surface area contributed by atoms with Crippen LogP contribution in [-0.4, -0.2) is 41.6 Å². The molecule has 1 aliphatic heterocycles. The third-order valence-corrected chi connectivity index (χ3v) is 4.86. The van der Waals surface area contributed by atoms with Crippen molar-refractivity contribution >= 4 is 5.82 Å². The Bertz CT molecular complexity index is 728. The van der Waals surface area contributed by atoms with Crippen LogP contribution in [0.2, 0.25) is 0 Å². The molecule has 3 rings (SSSR count). The van der Waals surface area contributed by atoms with Crippen LogP contribution in [-0.2, 0) is 13.6 Å². The Morgan fingerprint density at radius 1 is 1.21 bits per heavy atom. The first-order valence-corrected chi connectivity index (χ1v) is 8.54. The molecular formula is C19H26N4O. The van der Waals surface area contributed by atoms with E-state index >= 15 is 0 Å². The second kappa shape index (κ2) is 7.18. The van der Waals surface area contributed by atoms with Crippen LogP contribution in [0.3, 0.4) is 0 Å². The van der Waals surface area contributed by atoms with E-state index in [0.29, 0.717) is 5.92 Å². The van der Waals surface area contributed by atoms with Crippen LogP contribution in [0.25, 0.3) is 0 Å². The topological polar surface area (TPSA) is 41.4 Å². The van der Waals surface area contributed by atoms with E-state index in [1.54, 1.807) is 17.7 Å². The summed E-state index contributed by atoms with van der Waals surface area (Å²) >= 11 is 0. The zero-order valence-corrected chi connectivity index (χ0v) is 14.8. The third kappa shape index (κ3) is 3.85. The van der Waals surface area contributed by atoms with Crippen molar-refractivity contribution in [2.24, 2.45) is 7.05 Å². The molecule has 0 unspecified atom stereocenters. The number of pyridine rings is 2. The molecule has 0 atom stereocenters. The SMILES string of the molecule is CN(C)c1ccc(CN2CCC(c3ccn(C)c(=O)c3)CC2)cn1. The molecule has 128 valence electrons. The van der Waals surface area contributed by atoms with Crippen molar-refractivity contribution in [1.29, 1.82) is 0 Å². The summed E-state index contributed by atoms with van der Waals surface area (Å²) < 4.78 is 1.63. The van der Waals surface area contributed by atoms with Crippen LogP contribution in [0.15, 0.2) is 41.5 Å². The normalized spacial score (nSPS) is 16.3. The maximum Gasteiger partial charge on any atom is 0.250 e. The fourth-order valence-corrected chi connectivity index (χ4v) is 3.28. The van der Waals surface area contributed by atoms with Gasteiger partial charge < -0.3 is 9.47 Å². The second-order valence-corrected chi connectivity index (χ2v) is 6.88. The molecule has 0 aromatic carbocycles. The van der Waals surface area contributed by atoms with Crippen molar-refractivity contribution < 1.29 is 0 Å². The maximum absolute atomic E-state index is 11.8. The highest BCUT2D eigenvalue weighted by Crippen LogP contribution is 2.27. The van der Waals surface area contributed by atoms with E-state index in [4.69, 9.17) is 0 Å². The Hall–Kier alpha value is -2.14. The zero-order chi connectivity index (χ0) is 17.1. The number of anilines is 1. The van der Waals surface area contributed by atoms with E-state index in [2.05, 4.69) is 28.1 Å². The molecule has 2 aromatic rings. The van der Waals surface area contributed by atoms with Gasteiger partial charge in [-0.2, -0.15) is 0 Å². The Kier molecular flexibility index (Phi) is 5.00. The minimum atomic E-state index is 0.0852. The number of piperidine rings is 1. The molecule has 0 aliphatic carbocycles. The molecule has 0 bridgehead atoms. The Balaban J connectivity index is 1.56. The lowest BCUT2D eigenvalue weighted by Gasteiger charge is -2.32. The first-order chi connectivity index (χ1) is 11.5. The lowest BCUT2D eigenvalue weighted by Crippen LogP contribution is -2.33. The van der Waals surface area contributed by atoms with Gasteiger partial charge in [0.15, 0.2) is 0 Å². The molecule has 0 amide bonds. The first-order valence-electron chi connectivity index (χ1n) is 8.54. The number of hydrogen-bond donors (Lipinski definition) is 0. The minimum Gasteiger partial charge on any atom is -0.363 e. The van der Waals surface area contributed by atoms with E-state index < -0.39 is 0 Å². The van der Waals surface area contributed by atoms with Crippen molar-refractivity contribution in [2.75, 3.05) is 32.1 Å². The molecular weight excluding hydrogens is 300 g/mol. The quantitative estimate of drug-likeness (QED) is 0.864. The first kappa shape index (κ1) is 16.7. The number of likely N-dealkylation sites (tertiary alicyclic amines) is 1. The Morgan fingerprint density at radius 2 is 1.96 bits per heavy atom. The summed E-state index contributed by atoms with van der Waals surface area (Å²) in [5, 5.41) is 0. The van der Waals surface area contributed by atoms with Gasteiger partial charge in [-0.1, -0.05) is 6.07 Å². The molecule has 5 heteroatoms. The fraction of sp³-hybridized carbons (Fsp3) is 0.474. The molecule has 1 fully saturated rings. The van der Waals surface area contributed by atoms with Crippen molar-refractivity contribution in [3.63, 3.8) is 0 Å². The van der Waals surface area contributed by atoms with E-state index in [0.717, 1.165) is 38.3 Å². The minimum absolute atomic E-state index is 0.0852. The van der Waals surface area contributed by atoms with Crippen molar-refractivity contribution in [3.8, 4) is 0 Å². The summed E-state index contributed by atoms with van der Waals surface area (Å²) in [7, 11) is 5.80. The molecule has 3 heterocycles. The van der Waals surface area contributed by atoms with Gasteiger partial charge in [-0.3, -0.25) is 9.69 Å². The van der Waals surface area contributed by atoms with E-state index in [1.807, 2.05) is 31.4 Å². The van der Waals surface area contributed by atoms with Gasteiger partial charge in [0, 0.05) is 46.1 Å². The van der Waals surface area contributed by atoms with E-state index in [-0.39, 0.29) is 5.56 Å². The lowest BCUT2D eigenvalue weighted by molar-refractivity contribution is 0.204. The number of aryl methyl sites for hydroxylation is 1. The number of rotatable bonds is 4. The largest absolute Gasteiger partial charge is 0.363 e. The highest BCUT2D eigenvalue weighted by molar-refractivity contribution is 5.37. The number of aromatic nitrogens is 2. The van der Waals surface area contributed by atoms with Crippen molar-refractivity contribution in [1.82, 2.24) is 14.5 Å². The summed E-state index contributed by atoms with van der Waals surface area (Å²) in [6.45, 7) is 3.08. The second-order valence-electron chi connectivity index (χ2n) is 6.88. The summed E-state index contributed by atoms with van der Waals surface area (Å²) in [5.74, 6) is 1.49. The molecule has 0 saturated carbocycles. The highest BCUT2D eigenvalue weighted by Gasteiger charge is 2.21. The summed E-state index contributed by atoms with van der Waals surface area (Å²) in [6.07, 6.45) is 6.07. The van der Waals surface area contributed by atoms with Crippen molar-refractivity contribution in [2.45, 2.75) is 25.3 Å². The number of hydrogen-bond acceptors (Lipinski definition) is 4. The average Bonchev–Trinajstić information content (AvgIpc) is 2.58. The molecule has 24 heavy (non-hydrogen) atoms. The van der Waals surface area contributed by atoms with Crippen LogP contribution in [0.1, 0.15) is 29.9 Å². The highest BCUT2D eigenvalue weighted by atomic mass is 16.1. The average molecular weight is 326 g/mol. The van der Waals surface area contributed by atoms with Gasteiger partial charge in [0.1, 0.15) is 5.82 Å². The van der Waals surface area contributed by atoms with Crippen LogP contribution in [0.4, 0.5) is 5.82 Å². The Morgan fingerprint density at radius 3 is 2.54 bits per heavy atom. The van der Waals surface area contributed by atoms with Gasteiger partial charge in [0.05, 0.1) is 0 Å². The molecule has 1 saturated heterocycles. The van der Waals surface area contributed by atoms with Gasteiger partial charge in [-0.15, -0.1) is 0 Å². The summed E-state index contributed by atoms with van der Waals surface area (Å²) in [5.41, 5.74) is 2.53. The van der Waals surface area contributed by atoms with Gasteiger partial charge in [-0.25, -0.2) is 4.98 Å². The number of nitrogens with zero attached hydrogens (tertiary/aromatic N) is 4. The van der Waals surface area contributed by atoms with Crippen LogP contribution in [0.5, 0.6) is 0 Å². The molecule has 2 aromatic heterocycles. The predicted molar refractivity (Wildman–Crippen MR) is 97.5 cm³/mol. The maximum atomic E-state index is 11.8. The Labute approximate surface area is 143 Å². The molecule has 1 aliphatic rings. The molecule has 0 N–H and O–H groups in total. The zero-order valence-electron chi connectivity index (χ0n) is 14.8. The molecule has 5 nitrogen and oxygen atoms in total. The molecule has 0 spiro atoms. The fourth-order valence-electron chi connectivity index (χ4n) is 3.28.